The Balaban J connectivity index is 2.52. The first-order valence-corrected chi connectivity index (χ1v) is 8.05. The summed E-state index contributed by atoms with van der Waals surface area (Å²) < 4.78 is 0. The molecule has 0 aliphatic carbocycles. The van der Waals surface area contributed by atoms with E-state index in [0.29, 0.717) is 12.0 Å². The number of hydrogen-bond acceptors (Lipinski definition) is 2. The van der Waals surface area contributed by atoms with Gasteiger partial charge in [0.1, 0.15) is 0 Å². The molecule has 0 aromatic heterocycles. The van der Waals surface area contributed by atoms with Gasteiger partial charge in [-0.3, -0.25) is 10.1 Å². The molecule has 0 aromatic rings. The summed E-state index contributed by atoms with van der Waals surface area (Å²) in [5, 5.41) is 3.44. The van der Waals surface area contributed by atoms with Crippen molar-refractivity contribution < 1.29 is 4.79 Å². The summed E-state index contributed by atoms with van der Waals surface area (Å²) >= 11 is 0. The number of carbonyl (C=O) groups excluding carboxylic acids is 1. The smallest absolute Gasteiger partial charge is 0.240 e. The second-order valence-corrected chi connectivity index (χ2v) is 6.48. The fourth-order valence-electron chi connectivity index (χ4n) is 2.98. The van der Waals surface area contributed by atoms with Gasteiger partial charge < -0.3 is 4.90 Å². The molecule has 0 radical (unpaired) electrons. The maximum absolute atomic E-state index is 12.3. The lowest BCUT2D eigenvalue weighted by Crippen LogP contribution is -2.44. The van der Waals surface area contributed by atoms with Gasteiger partial charge >= 0.3 is 0 Å². The zero-order valence-corrected chi connectivity index (χ0v) is 13.4. The van der Waals surface area contributed by atoms with Gasteiger partial charge in [-0.1, -0.05) is 46.5 Å². The second kappa shape index (κ2) is 7.88. The topological polar surface area (TPSA) is 32.3 Å². The lowest BCUT2D eigenvalue weighted by molar-refractivity contribution is -0.132. The number of unbranched alkanes of at least 4 members (excludes halogenated alkanes) is 3. The van der Waals surface area contributed by atoms with Crippen LogP contribution in [0.5, 0.6) is 0 Å². The van der Waals surface area contributed by atoms with E-state index in [1.165, 1.54) is 25.7 Å². The molecule has 3 atom stereocenters. The molecule has 0 aromatic carbocycles. The van der Waals surface area contributed by atoms with Crippen LogP contribution in [-0.2, 0) is 4.79 Å². The van der Waals surface area contributed by atoms with E-state index in [0.717, 1.165) is 12.8 Å². The molecule has 1 saturated heterocycles. The monoisotopic (exact) mass is 268 g/mol. The van der Waals surface area contributed by atoms with E-state index < -0.39 is 0 Å². The third kappa shape index (κ3) is 4.79. The molecule has 1 fully saturated rings. The standard InChI is InChI=1S/C16H32N2O/c1-6-7-8-9-10-13(4)18-15(11-12(2)3)17-14(5)16(18)19/h12-15,17H,6-11H2,1-5H3. The molecule has 1 rings (SSSR count). The number of carbonyl (C=O) groups is 1. The van der Waals surface area contributed by atoms with Crippen molar-refractivity contribution in [2.45, 2.75) is 91.4 Å². The lowest BCUT2D eigenvalue weighted by Gasteiger charge is -2.31. The van der Waals surface area contributed by atoms with E-state index in [1.54, 1.807) is 0 Å². The Morgan fingerprint density at radius 1 is 1.21 bits per heavy atom. The summed E-state index contributed by atoms with van der Waals surface area (Å²) in [5.74, 6) is 0.902. The van der Waals surface area contributed by atoms with Gasteiger partial charge in [0.15, 0.2) is 0 Å². The molecule has 3 unspecified atom stereocenters. The van der Waals surface area contributed by atoms with Crippen molar-refractivity contribution >= 4 is 5.91 Å². The Labute approximate surface area is 119 Å². The second-order valence-electron chi connectivity index (χ2n) is 6.48. The maximum atomic E-state index is 12.3. The van der Waals surface area contributed by atoms with Crippen molar-refractivity contribution in [2.75, 3.05) is 0 Å². The summed E-state index contributed by atoms with van der Waals surface area (Å²) in [5.41, 5.74) is 0. The molecule has 0 saturated carbocycles. The van der Waals surface area contributed by atoms with Crippen molar-refractivity contribution in [3.05, 3.63) is 0 Å². The third-order valence-electron chi connectivity index (χ3n) is 4.05. The first-order chi connectivity index (χ1) is 8.97. The fraction of sp³-hybridized carbons (Fsp3) is 0.938. The van der Waals surface area contributed by atoms with Gasteiger partial charge in [0, 0.05) is 6.04 Å². The molecular formula is C16H32N2O. The van der Waals surface area contributed by atoms with E-state index in [2.05, 4.69) is 37.9 Å². The van der Waals surface area contributed by atoms with Gasteiger partial charge in [-0.15, -0.1) is 0 Å². The summed E-state index contributed by atoms with van der Waals surface area (Å²) in [6.07, 6.45) is 7.53. The highest BCUT2D eigenvalue weighted by atomic mass is 16.2. The van der Waals surface area contributed by atoms with Crippen molar-refractivity contribution in [3.63, 3.8) is 0 Å². The predicted molar refractivity (Wildman–Crippen MR) is 80.9 cm³/mol. The molecule has 1 N–H and O–H groups in total. The minimum Gasteiger partial charge on any atom is -0.323 e. The van der Waals surface area contributed by atoms with Crippen LogP contribution in [0.4, 0.5) is 0 Å². The van der Waals surface area contributed by atoms with Crippen molar-refractivity contribution in [2.24, 2.45) is 5.92 Å². The highest BCUT2D eigenvalue weighted by molar-refractivity contribution is 5.84. The van der Waals surface area contributed by atoms with Crippen molar-refractivity contribution in [1.82, 2.24) is 10.2 Å². The Kier molecular flexibility index (Phi) is 6.84. The molecule has 1 aliphatic rings. The summed E-state index contributed by atoms with van der Waals surface area (Å²) in [6, 6.07) is 0.354. The van der Waals surface area contributed by atoms with Crippen LogP contribution >= 0.6 is 0 Å². The first kappa shape index (κ1) is 16.5. The molecule has 3 nitrogen and oxygen atoms in total. The molecular weight excluding hydrogens is 236 g/mol. The molecule has 1 aliphatic heterocycles. The van der Waals surface area contributed by atoms with Crippen molar-refractivity contribution in [1.29, 1.82) is 0 Å². The van der Waals surface area contributed by atoms with Crippen LogP contribution in [0.25, 0.3) is 0 Å². The average molecular weight is 268 g/mol. The van der Waals surface area contributed by atoms with Gasteiger partial charge in [0.05, 0.1) is 12.2 Å². The third-order valence-corrected chi connectivity index (χ3v) is 4.05. The van der Waals surface area contributed by atoms with E-state index in [4.69, 9.17) is 0 Å². The Bertz CT molecular complexity index is 278. The number of hydrogen-bond donors (Lipinski definition) is 1. The van der Waals surface area contributed by atoms with Crippen LogP contribution in [0.15, 0.2) is 0 Å². The van der Waals surface area contributed by atoms with Gasteiger partial charge in [0.2, 0.25) is 5.91 Å². The Morgan fingerprint density at radius 3 is 2.47 bits per heavy atom. The molecule has 1 amide bonds. The van der Waals surface area contributed by atoms with E-state index in [9.17, 15) is 4.79 Å². The highest BCUT2D eigenvalue weighted by Gasteiger charge is 2.38. The minimum absolute atomic E-state index is 0.0122. The van der Waals surface area contributed by atoms with Gasteiger partial charge in [-0.05, 0) is 32.6 Å². The minimum atomic E-state index is -0.0122. The quantitative estimate of drug-likeness (QED) is 0.683. The maximum Gasteiger partial charge on any atom is 0.240 e. The fourth-order valence-corrected chi connectivity index (χ4v) is 2.98. The zero-order valence-electron chi connectivity index (χ0n) is 13.4. The molecule has 19 heavy (non-hydrogen) atoms. The van der Waals surface area contributed by atoms with Crippen LogP contribution in [0, 0.1) is 5.92 Å². The van der Waals surface area contributed by atoms with E-state index >= 15 is 0 Å². The molecule has 0 bridgehead atoms. The van der Waals surface area contributed by atoms with Crippen LogP contribution in [0.3, 0.4) is 0 Å². The predicted octanol–water partition coefficient (Wildman–Crippen LogP) is 3.54. The largest absolute Gasteiger partial charge is 0.323 e. The number of rotatable bonds is 8. The van der Waals surface area contributed by atoms with Crippen LogP contribution in [0.1, 0.15) is 73.1 Å². The number of nitrogens with one attached hydrogen (secondary N) is 1. The lowest BCUT2D eigenvalue weighted by atomic mass is 10.0. The molecule has 0 spiro atoms. The van der Waals surface area contributed by atoms with E-state index in [-0.39, 0.29) is 18.1 Å². The zero-order chi connectivity index (χ0) is 14.4. The number of amides is 1. The first-order valence-electron chi connectivity index (χ1n) is 8.05. The molecule has 3 heteroatoms. The van der Waals surface area contributed by atoms with Gasteiger partial charge in [0.25, 0.3) is 0 Å². The van der Waals surface area contributed by atoms with E-state index in [1.807, 2.05) is 6.92 Å². The summed E-state index contributed by atoms with van der Waals surface area (Å²) in [4.78, 5) is 14.4. The van der Waals surface area contributed by atoms with Crippen LogP contribution in [0.2, 0.25) is 0 Å². The average Bonchev–Trinajstić information content (AvgIpc) is 2.59. The van der Waals surface area contributed by atoms with Gasteiger partial charge in [-0.2, -0.15) is 0 Å². The summed E-state index contributed by atoms with van der Waals surface area (Å²) in [6.45, 7) is 10.9. The SMILES string of the molecule is CCCCCCC(C)N1C(=O)C(C)NC1CC(C)C. The van der Waals surface area contributed by atoms with Crippen LogP contribution in [-0.4, -0.2) is 29.1 Å². The molecule has 112 valence electrons. The normalized spacial score (nSPS) is 25.4. The summed E-state index contributed by atoms with van der Waals surface area (Å²) in [7, 11) is 0. The highest BCUT2D eigenvalue weighted by Crippen LogP contribution is 2.22. The van der Waals surface area contributed by atoms with Gasteiger partial charge in [-0.25, -0.2) is 0 Å². The van der Waals surface area contributed by atoms with Crippen LogP contribution < -0.4 is 5.32 Å². The molecule has 1 heterocycles. The number of nitrogens with zero attached hydrogens (tertiary/aromatic N) is 1. The van der Waals surface area contributed by atoms with Crippen molar-refractivity contribution in [3.8, 4) is 0 Å². The Morgan fingerprint density at radius 2 is 1.89 bits per heavy atom. The Hall–Kier alpha value is -0.570.